The molecule has 0 aliphatic carbocycles. The monoisotopic (exact) mass is 355 g/mol. The Morgan fingerprint density at radius 2 is 2.28 bits per heavy atom. The second-order valence-electron chi connectivity index (χ2n) is 6.52. The van der Waals surface area contributed by atoms with Crippen molar-refractivity contribution in [3.05, 3.63) is 41.2 Å². The molecular weight excluding hydrogens is 334 g/mol. The average molecular weight is 355 g/mol. The molecule has 1 atom stereocenters. The van der Waals surface area contributed by atoms with Crippen LogP contribution in [0.15, 0.2) is 29.8 Å². The van der Waals surface area contributed by atoms with E-state index in [4.69, 9.17) is 0 Å². The number of nitrogens with zero attached hydrogens (tertiary/aromatic N) is 4. The van der Waals surface area contributed by atoms with Gasteiger partial charge in [-0.3, -0.25) is 9.48 Å². The fourth-order valence-electron chi connectivity index (χ4n) is 3.35. The second-order valence-corrected chi connectivity index (χ2v) is 7.47. The molecule has 4 rings (SSSR count). The van der Waals surface area contributed by atoms with Crippen molar-refractivity contribution in [1.29, 1.82) is 0 Å². The first kappa shape index (κ1) is 16.1. The molecule has 130 valence electrons. The Hall–Kier alpha value is -2.41. The first-order valence-electron chi connectivity index (χ1n) is 8.50. The minimum Gasteiger partial charge on any atom is -0.354 e. The van der Waals surface area contributed by atoms with Crippen molar-refractivity contribution in [3.8, 4) is 0 Å². The fraction of sp³-hybridized carbons (Fsp3) is 0.389. The van der Waals surface area contributed by atoms with Crippen molar-refractivity contribution in [3.63, 3.8) is 0 Å². The maximum Gasteiger partial charge on any atom is 0.272 e. The van der Waals surface area contributed by atoms with Gasteiger partial charge in [0.2, 0.25) is 0 Å². The zero-order valence-electron chi connectivity index (χ0n) is 14.4. The van der Waals surface area contributed by atoms with Crippen LogP contribution < -0.4 is 10.2 Å². The minimum absolute atomic E-state index is 0.0998. The standard InChI is InChI=1S/C18H21N5OS/c1-12-10-15(21-22(12)2)18(24)20-13-4-3-8-23(11-13)17-14-6-9-25-16(14)5-7-19-17/h5-7,9-10,13H,3-4,8,11H2,1-2H3,(H,20,24). The minimum atomic E-state index is -0.0998. The number of anilines is 1. The zero-order valence-corrected chi connectivity index (χ0v) is 15.2. The average Bonchev–Trinajstić information content (AvgIpc) is 3.22. The van der Waals surface area contributed by atoms with Crippen LogP contribution in [0.5, 0.6) is 0 Å². The lowest BCUT2D eigenvalue weighted by Crippen LogP contribution is -2.48. The smallest absolute Gasteiger partial charge is 0.272 e. The van der Waals surface area contributed by atoms with E-state index in [9.17, 15) is 4.79 Å². The fourth-order valence-corrected chi connectivity index (χ4v) is 4.13. The van der Waals surface area contributed by atoms with Crippen LogP contribution in [-0.2, 0) is 7.05 Å². The Balaban J connectivity index is 1.49. The van der Waals surface area contributed by atoms with Crippen LogP contribution in [0.3, 0.4) is 0 Å². The van der Waals surface area contributed by atoms with Crippen molar-refractivity contribution in [2.24, 2.45) is 7.05 Å². The molecule has 1 N–H and O–H groups in total. The summed E-state index contributed by atoms with van der Waals surface area (Å²) < 4.78 is 2.98. The van der Waals surface area contributed by atoms with Crippen molar-refractivity contribution in [2.75, 3.05) is 18.0 Å². The van der Waals surface area contributed by atoms with Gasteiger partial charge in [-0.05, 0) is 43.3 Å². The Labute approximate surface area is 150 Å². The quantitative estimate of drug-likeness (QED) is 0.785. The van der Waals surface area contributed by atoms with Crippen LogP contribution in [-0.4, -0.2) is 39.8 Å². The number of pyridine rings is 1. The first-order chi connectivity index (χ1) is 12.1. The van der Waals surface area contributed by atoms with E-state index in [1.807, 2.05) is 26.2 Å². The van der Waals surface area contributed by atoms with Crippen LogP contribution in [0.1, 0.15) is 29.0 Å². The van der Waals surface area contributed by atoms with Gasteiger partial charge in [0.1, 0.15) is 11.5 Å². The highest BCUT2D eigenvalue weighted by molar-refractivity contribution is 7.17. The molecule has 1 aliphatic heterocycles. The molecule has 0 saturated carbocycles. The number of aromatic nitrogens is 3. The van der Waals surface area contributed by atoms with Crippen LogP contribution in [0.2, 0.25) is 0 Å². The third-order valence-electron chi connectivity index (χ3n) is 4.76. The van der Waals surface area contributed by atoms with Crippen molar-refractivity contribution < 1.29 is 4.79 Å². The second kappa shape index (κ2) is 6.48. The predicted molar refractivity (Wildman–Crippen MR) is 100 cm³/mol. The van der Waals surface area contributed by atoms with E-state index in [0.717, 1.165) is 37.4 Å². The Kier molecular flexibility index (Phi) is 4.17. The Bertz CT molecular complexity index is 896. The molecule has 7 heteroatoms. The summed E-state index contributed by atoms with van der Waals surface area (Å²) in [7, 11) is 1.85. The third-order valence-corrected chi connectivity index (χ3v) is 5.64. The molecule has 0 spiro atoms. The number of piperidine rings is 1. The van der Waals surface area contributed by atoms with Crippen LogP contribution in [0.4, 0.5) is 5.82 Å². The number of aryl methyl sites for hydroxylation is 2. The molecule has 4 heterocycles. The van der Waals surface area contributed by atoms with E-state index in [0.29, 0.717) is 5.69 Å². The van der Waals surface area contributed by atoms with Gasteiger partial charge in [-0.2, -0.15) is 5.10 Å². The summed E-state index contributed by atoms with van der Waals surface area (Å²) in [6.07, 6.45) is 3.88. The number of carbonyl (C=O) groups excluding carboxylic acids is 1. The van der Waals surface area contributed by atoms with Gasteiger partial charge in [0.15, 0.2) is 0 Å². The topological polar surface area (TPSA) is 63.1 Å². The van der Waals surface area contributed by atoms with Gasteiger partial charge >= 0.3 is 0 Å². The lowest BCUT2D eigenvalue weighted by molar-refractivity contribution is 0.0927. The molecule has 3 aromatic heterocycles. The van der Waals surface area contributed by atoms with E-state index in [1.165, 1.54) is 10.1 Å². The summed E-state index contributed by atoms with van der Waals surface area (Å²) in [5, 5.41) is 10.7. The number of hydrogen-bond donors (Lipinski definition) is 1. The summed E-state index contributed by atoms with van der Waals surface area (Å²) in [6.45, 7) is 3.69. The third kappa shape index (κ3) is 3.11. The summed E-state index contributed by atoms with van der Waals surface area (Å²) in [4.78, 5) is 19.4. The lowest BCUT2D eigenvalue weighted by Gasteiger charge is -2.34. The SMILES string of the molecule is Cc1cc(C(=O)NC2CCCN(c3nccc4sccc34)C2)nn1C. The Morgan fingerprint density at radius 3 is 3.08 bits per heavy atom. The largest absolute Gasteiger partial charge is 0.354 e. The number of hydrogen-bond acceptors (Lipinski definition) is 5. The number of carbonyl (C=O) groups is 1. The summed E-state index contributed by atoms with van der Waals surface area (Å²) in [6, 6.07) is 6.11. The van der Waals surface area contributed by atoms with E-state index in [-0.39, 0.29) is 11.9 Å². The number of thiophene rings is 1. The molecule has 1 unspecified atom stereocenters. The van der Waals surface area contributed by atoms with Crippen molar-refractivity contribution >= 4 is 33.1 Å². The highest BCUT2D eigenvalue weighted by atomic mass is 32.1. The summed E-state index contributed by atoms with van der Waals surface area (Å²) in [5.41, 5.74) is 1.46. The summed E-state index contributed by atoms with van der Waals surface area (Å²) >= 11 is 1.73. The molecule has 1 saturated heterocycles. The zero-order chi connectivity index (χ0) is 17.4. The normalized spacial score (nSPS) is 17.8. The highest BCUT2D eigenvalue weighted by Crippen LogP contribution is 2.30. The molecule has 0 bridgehead atoms. The van der Waals surface area contributed by atoms with Gasteiger partial charge in [0.25, 0.3) is 5.91 Å². The maximum absolute atomic E-state index is 12.5. The van der Waals surface area contributed by atoms with Crippen molar-refractivity contribution in [1.82, 2.24) is 20.1 Å². The van der Waals surface area contributed by atoms with Gasteiger partial charge < -0.3 is 10.2 Å². The highest BCUT2D eigenvalue weighted by Gasteiger charge is 2.24. The molecule has 6 nitrogen and oxygen atoms in total. The first-order valence-corrected chi connectivity index (χ1v) is 9.38. The molecule has 3 aromatic rings. The van der Waals surface area contributed by atoms with E-state index >= 15 is 0 Å². The van der Waals surface area contributed by atoms with E-state index in [2.05, 4.69) is 37.8 Å². The number of amides is 1. The lowest BCUT2D eigenvalue weighted by atomic mass is 10.0. The summed E-state index contributed by atoms with van der Waals surface area (Å²) in [5.74, 6) is 0.920. The van der Waals surface area contributed by atoms with Gasteiger partial charge in [-0.1, -0.05) is 0 Å². The molecule has 1 fully saturated rings. The van der Waals surface area contributed by atoms with Crippen LogP contribution in [0, 0.1) is 6.92 Å². The van der Waals surface area contributed by atoms with Gasteiger partial charge in [-0.15, -0.1) is 11.3 Å². The van der Waals surface area contributed by atoms with Crippen LogP contribution in [0.25, 0.3) is 10.1 Å². The molecule has 0 aromatic carbocycles. The molecule has 0 radical (unpaired) electrons. The number of nitrogens with one attached hydrogen (secondary N) is 1. The van der Waals surface area contributed by atoms with Gasteiger partial charge in [0.05, 0.1) is 0 Å². The predicted octanol–water partition coefficient (Wildman–Crippen LogP) is 2.74. The number of rotatable bonds is 3. The number of fused-ring (bicyclic) bond motifs is 1. The van der Waals surface area contributed by atoms with E-state index in [1.54, 1.807) is 16.0 Å². The van der Waals surface area contributed by atoms with Crippen LogP contribution >= 0.6 is 11.3 Å². The molecule has 1 amide bonds. The molecule has 1 aliphatic rings. The van der Waals surface area contributed by atoms with E-state index < -0.39 is 0 Å². The van der Waals surface area contributed by atoms with Gasteiger partial charge in [0, 0.05) is 48.2 Å². The Morgan fingerprint density at radius 1 is 1.40 bits per heavy atom. The van der Waals surface area contributed by atoms with Crippen molar-refractivity contribution in [2.45, 2.75) is 25.8 Å². The molecular formula is C18H21N5OS. The molecule has 25 heavy (non-hydrogen) atoms. The maximum atomic E-state index is 12.5. The van der Waals surface area contributed by atoms with Gasteiger partial charge in [-0.25, -0.2) is 4.98 Å².